The van der Waals surface area contributed by atoms with Crippen molar-refractivity contribution in [3.05, 3.63) is 28.8 Å². The number of halogens is 1. The van der Waals surface area contributed by atoms with E-state index in [0.717, 1.165) is 23.6 Å². The molecule has 0 amide bonds. The SMILES string of the molecule is CCCN(c1ccc(CN)c(Cl)c1)C(C)C. The number of benzene rings is 1. The van der Waals surface area contributed by atoms with Gasteiger partial charge in [0.15, 0.2) is 0 Å². The smallest absolute Gasteiger partial charge is 0.0471 e. The second kappa shape index (κ2) is 6.12. The van der Waals surface area contributed by atoms with Gasteiger partial charge >= 0.3 is 0 Å². The molecule has 0 heterocycles. The molecule has 16 heavy (non-hydrogen) atoms. The summed E-state index contributed by atoms with van der Waals surface area (Å²) in [6.07, 6.45) is 1.13. The first kappa shape index (κ1) is 13.3. The van der Waals surface area contributed by atoms with E-state index in [0.29, 0.717) is 12.6 Å². The normalized spacial score (nSPS) is 10.9. The fraction of sp³-hybridized carbons (Fsp3) is 0.538. The first-order valence-corrected chi connectivity index (χ1v) is 6.23. The van der Waals surface area contributed by atoms with Crippen molar-refractivity contribution in [3.8, 4) is 0 Å². The lowest BCUT2D eigenvalue weighted by atomic mass is 10.1. The minimum atomic E-state index is 0.486. The summed E-state index contributed by atoms with van der Waals surface area (Å²) in [4.78, 5) is 2.35. The largest absolute Gasteiger partial charge is 0.369 e. The van der Waals surface area contributed by atoms with E-state index < -0.39 is 0 Å². The van der Waals surface area contributed by atoms with Crippen molar-refractivity contribution in [3.63, 3.8) is 0 Å². The van der Waals surface area contributed by atoms with Gasteiger partial charge in [0.1, 0.15) is 0 Å². The Balaban J connectivity index is 2.97. The molecule has 90 valence electrons. The van der Waals surface area contributed by atoms with E-state index in [1.54, 1.807) is 0 Å². The minimum Gasteiger partial charge on any atom is -0.369 e. The molecule has 2 nitrogen and oxygen atoms in total. The van der Waals surface area contributed by atoms with Crippen molar-refractivity contribution >= 4 is 17.3 Å². The molecule has 0 atom stereocenters. The van der Waals surface area contributed by atoms with E-state index in [1.165, 1.54) is 5.69 Å². The molecule has 3 heteroatoms. The van der Waals surface area contributed by atoms with Crippen molar-refractivity contribution in [1.29, 1.82) is 0 Å². The van der Waals surface area contributed by atoms with Crippen LogP contribution < -0.4 is 10.6 Å². The van der Waals surface area contributed by atoms with Crippen LogP contribution in [0.4, 0.5) is 5.69 Å². The molecular weight excluding hydrogens is 220 g/mol. The summed E-state index contributed by atoms with van der Waals surface area (Å²) in [6.45, 7) is 8.12. The van der Waals surface area contributed by atoms with Gasteiger partial charge in [-0.05, 0) is 38.0 Å². The second-order valence-corrected chi connectivity index (χ2v) is 4.67. The van der Waals surface area contributed by atoms with Crippen LogP contribution in [0, 0.1) is 0 Å². The van der Waals surface area contributed by atoms with Gasteiger partial charge in [0.2, 0.25) is 0 Å². The minimum absolute atomic E-state index is 0.486. The second-order valence-electron chi connectivity index (χ2n) is 4.27. The lowest BCUT2D eigenvalue weighted by Gasteiger charge is -2.29. The van der Waals surface area contributed by atoms with Gasteiger partial charge in [0.05, 0.1) is 0 Å². The van der Waals surface area contributed by atoms with E-state index in [4.69, 9.17) is 17.3 Å². The Morgan fingerprint density at radius 2 is 2.06 bits per heavy atom. The van der Waals surface area contributed by atoms with Gasteiger partial charge in [-0.2, -0.15) is 0 Å². The Labute approximate surface area is 103 Å². The molecular formula is C13H21ClN2. The van der Waals surface area contributed by atoms with Crippen molar-refractivity contribution in [2.75, 3.05) is 11.4 Å². The number of hydrogen-bond acceptors (Lipinski definition) is 2. The lowest BCUT2D eigenvalue weighted by Crippen LogP contribution is -2.31. The number of anilines is 1. The van der Waals surface area contributed by atoms with Gasteiger partial charge in [0, 0.05) is 29.8 Å². The molecule has 0 unspecified atom stereocenters. The van der Waals surface area contributed by atoms with E-state index in [9.17, 15) is 0 Å². The summed E-state index contributed by atoms with van der Waals surface area (Å²) in [6, 6.07) is 6.62. The standard InChI is InChI=1S/C13H21ClN2/c1-4-7-16(10(2)3)12-6-5-11(9-15)13(14)8-12/h5-6,8,10H,4,7,9,15H2,1-3H3. The fourth-order valence-corrected chi connectivity index (χ4v) is 2.06. The summed E-state index contributed by atoms with van der Waals surface area (Å²) in [7, 11) is 0. The Hall–Kier alpha value is -0.730. The topological polar surface area (TPSA) is 29.3 Å². The zero-order chi connectivity index (χ0) is 12.1. The molecule has 2 N–H and O–H groups in total. The number of hydrogen-bond donors (Lipinski definition) is 1. The van der Waals surface area contributed by atoms with E-state index in [1.807, 2.05) is 12.1 Å². The van der Waals surface area contributed by atoms with Gasteiger partial charge in [-0.25, -0.2) is 0 Å². The third kappa shape index (κ3) is 3.13. The zero-order valence-electron chi connectivity index (χ0n) is 10.3. The van der Waals surface area contributed by atoms with Gasteiger partial charge in [-0.15, -0.1) is 0 Å². The van der Waals surface area contributed by atoms with Crippen LogP contribution in [-0.4, -0.2) is 12.6 Å². The number of nitrogens with two attached hydrogens (primary N) is 1. The average molecular weight is 241 g/mol. The summed E-state index contributed by atoms with van der Waals surface area (Å²) < 4.78 is 0. The third-order valence-corrected chi connectivity index (χ3v) is 3.03. The zero-order valence-corrected chi connectivity index (χ0v) is 11.1. The molecule has 0 radical (unpaired) electrons. The molecule has 0 spiro atoms. The Morgan fingerprint density at radius 3 is 2.50 bits per heavy atom. The molecule has 1 rings (SSSR count). The maximum absolute atomic E-state index is 6.17. The van der Waals surface area contributed by atoms with E-state index in [-0.39, 0.29) is 0 Å². The summed E-state index contributed by atoms with van der Waals surface area (Å²) in [5.41, 5.74) is 7.78. The maximum Gasteiger partial charge on any atom is 0.0471 e. The van der Waals surface area contributed by atoms with Crippen molar-refractivity contribution in [1.82, 2.24) is 0 Å². The van der Waals surface area contributed by atoms with Crippen LogP contribution in [0.15, 0.2) is 18.2 Å². The van der Waals surface area contributed by atoms with Gasteiger partial charge < -0.3 is 10.6 Å². The van der Waals surface area contributed by atoms with Gasteiger partial charge in [-0.1, -0.05) is 24.6 Å². The van der Waals surface area contributed by atoms with Crippen LogP contribution >= 0.6 is 11.6 Å². The predicted molar refractivity (Wildman–Crippen MR) is 72.1 cm³/mol. The average Bonchev–Trinajstić information content (AvgIpc) is 2.25. The Morgan fingerprint density at radius 1 is 1.38 bits per heavy atom. The highest BCUT2D eigenvalue weighted by molar-refractivity contribution is 6.31. The van der Waals surface area contributed by atoms with Crippen molar-refractivity contribution in [2.24, 2.45) is 5.73 Å². The summed E-state index contributed by atoms with van der Waals surface area (Å²) in [5, 5.41) is 0.766. The first-order chi connectivity index (χ1) is 7.60. The van der Waals surface area contributed by atoms with Gasteiger partial charge in [-0.3, -0.25) is 0 Å². The monoisotopic (exact) mass is 240 g/mol. The Bertz CT molecular complexity index is 337. The van der Waals surface area contributed by atoms with Crippen molar-refractivity contribution in [2.45, 2.75) is 39.8 Å². The van der Waals surface area contributed by atoms with Crippen LogP contribution in [-0.2, 0) is 6.54 Å². The summed E-state index contributed by atoms with van der Waals surface area (Å²) in [5.74, 6) is 0. The molecule has 1 aromatic carbocycles. The fourth-order valence-electron chi connectivity index (χ4n) is 1.81. The number of rotatable bonds is 5. The molecule has 1 aromatic rings. The van der Waals surface area contributed by atoms with E-state index >= 15 is 0 Å². The summed E-state index contributed by atoms with van der Waals surface area (Å²) >= 11 is 6.17. The molecule has 0 aromatic heterocycles. The highest BCUT2D eigenvalue weighted by Gasteiger charge is 2.10. The first-order valence-electron chi connectivity index (χ1n) is 5.85. The lowest BCUT2D eigenvalue weighted by molar-refractivity contribution is 0.671. The molecule has 0 saturated heterocycles. The molecule has 0 bridgehead atoms. The molecule has 0 saturated carbocycles. The van der Waals surface area contributed by atoms with Gasteiger partial charge in [0.25, 0.3) is 0 Å². The maximum atomic E-state index is 6.17. The molecule has 0 fully saturated rings. The van der Waals surface area contributed by atoms with Crippen LogP contribution in [0.1, 0.15) is 32.8 Å². The van der Waals surface area contributed by atoms with Crippen molar-refractivity contribution < 1.29 is 0 Å². The van der Waals surface area contributed by atoms with Crippen LogP contribution in [0.2, 0.25) is 5.02 Å². The van der Waals surface area contributed by atoms with Crippen LogP contribution in [0.3, 0.4) is 0 Å². The third-order valence-electron chi connectivity index (χ3n) is 2.68. The predicted octanol–water partition coefficient (Wildman–Crippen LogP) is 3.42. The molecule has 0 aliphatic rings. The highest BCUT2D eigenvalue weighted by Crippen LogP contribution is 2.25. The number of nitrogens with zero attached hydrogens (tertiary/aromatic N) is 1. The quantitative estimate of drug-likeness (QED) is 0.855. The Kier molecular flexibility index (Phi) is 5.10. The van der Waals surface area contributed by atoms with Crippen LogP contribution in [0.5, 0.6) is 0 Å². The van der Waals surface area contributed by atoms with Crippen LogP contribution in [0.25, 0.3) is 0 Å². The molecule has 0 aliphatic heterocycles. The van der Waals surface area contributed by atoms with E-state index in [2.05, 4.69) is 31.7 Å². The highest BCUT2D eigenvalue weighted by atomic mass is 35.5. The molecule has 0 aliphatic carbocycles.